The van der Waals surface area contributed by atoms with Gasteiger partial charge in [-0.2, -0.15) is 0 Å². The first kappa shape index (κ1) is 17.7. The second-order valence-corrected chi connectivity index (χ2v) is 5.35. The second-order valence-electron chi connectivity index (χ2n) is 4.92. The topological polar surface area (TPSA) is 80.3 Å². The minimum Gasteiger partial charge on any atom is -0.484 e. The second kappa shape index (κ2) is 9.52. The van der Waals surface area contributed by atoms with Gasteiger partial charge >= 0.3 is 0 Å². The SMILES string of the molecule is O=C(COc1ccc(Cl)cc1)NCCCNC(=O)c1ccccn1. The maximum absolute atomic E-state index is 11.7. The van der Waals surface area contributed by atoms with E-state index in [1.54, 1.807) is 48.7 Å². The number of hydrogen-bond acceptors (Lipinski definition) is 4. The molecule has 1 heterocycles. The highest BCUT2D eigenvalue weighted by Gasteiger charge is 2.05. The van der Waals surface area contributed by atoms with Crippen molar-refractivity contribution in [3.8, 4) is 5.75 Å². The molecule has 0 aliphatic heterocycles. The van der Waals surface area contributed by atoms with Crippen LogP contribution in [0.4, 0.5) is 0 Å². The fourth-order valence-electron chi connectivity index (χ4n) is 1.84. The summed E-state index contributed by atoms with van der Waals surface area (Å²) in [4.78, 5) is 27.3. The summed E-state index contributed by atoms with van der Waals surface area (Å²) >= 11 is 5.77. The van der Waals surface area contributed by atoms with Crippen LogP contribution in [-0.2, 0) is 4.79 Å². The summed E-state index contributed by atoms with van der Waals surface area (Å²) in [6.07, 6.45) is 2.18. The van der Waals surface area contributed by atoms with Crippen LogP contribution in [0.3, 0.4) is 0 Å². The molecule has 0 spiro atoms. The van der Waals surface area contributed by atoms with E-state index in [1.807, 2.05) is 0 Å². The Morgan fingerprint density at radius 1 is 1.04 bits per heavy atom. The van der Waals surface area contributed by atoms with Crippen molar-refractivity contribution >= 4 is 23.4 Å². The van der Waals surface area contributed by atoms with Crippen molar-refractivity contribution in [1.29, 1.82) is 0 Å². The van der Waals surface area contributed by atoms with Crippen molar-refractivity contribution in [2.75, 3.05) is 19.7 Å². The van der Waals surface area contributed by atoms with Crippen LogP contribution < -0.4 is 15.4 Å². The number of pyridine rings is 1. The van der Waals surface area contributed by atoms with Gasteiger partial charge in [0.15, 0.2) is 6.61 Å². The first-order valence-electron chi connectivity index (χ1n) is 7.49. The normalized spacial score (nSPS) is 10.0. The third-order valence-electron chi connectivity index (χ3n) is 3.04. The molecule has 0 atom stereocenters. The van der Waals surface area contributed by atoms with Crippen molar-refractivity contribution < 1.29 is 14.3 Å². The molecular formula is C17H18ClN3O3. The highest BCUT2D eigenvalue weighted by Crippen LogP contribution is 2.15. The minimum atomic E-state index is -0.229. The van der Waals surface area contributed by atoms with Crippen LogP contribution in [0.25, 0.3) is 0 Å². The molecule has 0 aliphatic rings. The zero-order valence-electron chi connectivity index (χ0n) is 13.0. The van der Waals surface area contributed by atoms with Crippen LogP contribution in [0.2, 0.25) is 5.02 Å². The van der Waals surface area contributed by atoms with Gasteiger partial charge in [-0.05, 0) is 42.8 Å². The van der Waals surface area contributed by atoms with Gasteiger partial charge in [0.25, 0.3) is 11.8 Å². The first-order valence-corrected chi connectivity index (χ1v) is 7.87. The lowest BCUT2D eigenvalue weighted by atomic mass is 10.3. The summed E-state index contributed by atoms with van der Waals surface area (Å²) in [6.45, 7) is 0.834. The summed E-state index contributed by atoms with van der Waals surface area (Å²) in [7, 11) is 0. The molecule has 0 bridgehead atoms. The van der Waals surface area contributed by atoms with Crippen LogP contribution in [0.15, 0.2) is 48.7 Å². The first-order chi connectivity index (χ1) is 11.6. The van der Waals surface area contributed by atoms with Crippen LogP contribution in [0, 0.1) is 0 Å². The lowest BCUT2D eigenvalue weighted by Gasteiger charge is -2.08. The molecule has 24 heavy (non-hydrogen) atoms. The van der Waals surface area contributed by atoms with Crippen LogP contribution in [0.5, 0.6) is 5.75 Å². The van der Waals surface area contributed by atoms with E-state index in [4.69, 9.17) is 16.3 Å². The lowest BCUT2D eigenvalue weighted by molar-refractivity contribution is -0.123. The molecule has 2 amide bonds. The van der Waals surface area contributed by atoms with Gasteiger partial charge in [0, 0.05) is 24.3 Å². The molecule has 0 saturated carbocycles. The van der Waals surface area contributed by atoms with E-state index in [0.29, 0.717) is 36.0 Å². The molecule has 126 valence electrons. The minimum absolute atomic E-state index is 0.0675. The Balaban J connectivity index is 1.56. The molecular weight excluding hydrogens is 330 g/mol. The highest BCUT2D eigenvalue weighted by atomic mass is 35.5. The fraction of sp³-hybridized carbons (Fsp3) is 0.235. The van der Waals surface area contributed by atoms with E-state index in [1.165, 1.54) is 0 Å². The van der Waals surface area contributed by atoms with Gasteiger partial charge in [-0.1, -0.05) is 17.7 Å². The Bertz CT molecular complexity index is 663. The predicted molar refractivity (Wildman–Crippen MR) is 91.1 cm³/mol. The van der Waals surface area contributed by atoms with Gasteiger partial charge in [-0.15, -0.1) is 0 Å². The summed E-state index contributed by atoms with van der Waals surface area (Å²) in [5, 5.41) is 6.07. The van der Waals surface area contributed by atoms with E-state index in [-0.39, 0.29) is 18.4 Å². The third-order valence-corrected chi connectivity index (χ3v) is 3.29. The Hall–Kier alpha value is -2.60. The van der Waals surface area contributed by atoms with Gasteiger partial charge < -0.3 is 15.4 Å². The lowest BCUT2D eigenvalue weighted by Crippen LogP contribution is -2.32. The molecule has 0 unspecified atom stereocenters. The maximum Gasteiger partial charge on any atom is 0.269 e. The average Bonchev–Trinajstić information content (AvgIpc) is 2.61. The molecule has 0 aliphatic carbocycles. The smallest absolute Gasteiger partial charge is 0.269 e. The van der Waals surface area contributed by atoms with Crippen molar-refractivity contribution in [3.63, 3.8) is 0 Å². The fourth-order valence-corrected chi connectivity index (χ4v) is 1.96. The zero-order valence-corrected chi connectivity index (χ0v) is 13.8. The Kier molecular flexibility index (Phi) is 7.04. The third kappa shape index (κ3) is 6.26. The molecule has 6 nitrogen and oxygen atoms in total. The highest BCUT2D eigenvalue weighted by molar-refractivity contribution is 6.30. The molecule has 2 rings (SSSR count). The van der Waals surface area contributed by atoms with E-state index in [0.717, 1.165) is 0 Å². The number of hydrogen-bond donors (Lipinski definition) is 2. The summed E-state index contributed by atoms with van der Waals surface area (Å²) in [5.74, 6) is 0.131. The summed E-state index contributed by atoms with van der Waals surface area (Å²) < 4.78 is 5.33. The molecule has 2 aromatic rings. The Morgan fingerprint density at radius 3 is 2.50 bits per heavy atom. The van der Waals surface area contributed by atoms with Gasteiger partial charge in [0.2, 0.25) is 0 Å². The number of halogens is 1. The Morgan fingerprint density at radius 2 is 1.79 bits per heavy atom. The van der Waals surface area contributed by atoms with Crippen molar-refractivity contribution in [2.24, 2.45) is 0 Å². The molecule has 1 aromatic carbocycles. The van der Waals surface area contributed by atoms with E-state index in [9.17, 15) is 9.59 Å². The molecule has 0 fully saturated rings. The standard InChI is InChI=1S/C17H18ClN3O3/c18-13-5-7-14(8-6-13)24-12-16(22)20-10-3-11-21-17(23)15-4-1-2-9-19-15/h1-2,4-9H,3,10-12H2,(H,20,22)(H,21,23). The monoisotopic (exact) mass is 347 g/mol. The van der Waals surface area contributed by atoms with Crippen LogP contribution in [-0.4, -0.2) is 36.5 Å². The van der Waals surface area contributed by atoms with Crippen LogP contribution in [0.1, 0.15) is 16.9 Å². The largest absolute Gasteiger partial charge is 0.484 e. The van der Waals surface area contributed by atoms with Crippen LogP contribution >= 0.6 is 11.6 Å². The number of benzene rings is 1. The number of aromatic nitrogens is 1. The maximum atomic E-state index is 11.7. The van der Waals surface area contributed by atoms with Gasteiger partial charge in [0.05, 0.1) is 0 Å². The quantitative estimate of drug-likeness (QED) is 0.716. The zero-order chi connectivity index (χ0) is 17.2. The number of carbonyl (C=O) groups is 2. The van der Waals surface area contributed by atoms with Gasteiger partial charge in [0.1, 0.15) is 11.4 Å². The van der Waals surface area contributed by atoms with E-state index >= 15 is 0 Å². The van der Waals surface area contributed by atoms with Crippen molar-refractivity contribution in [3.05, 3.63) is 59.4 Å². The summed E-state index contributed by atoms with van der Waals surface area (Å²) in [5.41, 5.74) is 0.373. The average molecular weight is 348 g/mol. The van der Waals surface area contributed by atoms with E-state index in [2.05, 4.69) is 15.6 Å². The van der Waals surface area contributed by atoms with Crippen molar-refractivity contribution in [1.82, 2.24) is 15.6 Å². The molecule has 2 N–H and O–H groups in total. The number of ether oxygens (including phenoxy) is 1. The van der Waals surface area contributed by atoms with Gasteiger partial charge in [-0.25, -0.2) is 0 Å². The molecule has 7 heteroatoms. The summed E-state index contributed by atoms with van der Waals surface area (Å²) in [6, 6.07) is 11.9. The van der Waals surface area contributed by atoms with Gasteiger partial charge in [-0.3, -0.25) is 14.6 Å². The number of rotatable bonds is 8. The number of nitrogens with one attached hydrogen (secondary N) is 2. The number of amides is 2. The van der Waals surface area contributed by atoms with Crippen molar-refractivity contribution in [2.45, 2.75) is 6.42 Å². The molecule has 0 radical (unpaired) electrons. The van der Waals surface area contributed by atoms with E-state index < -0.39 is 0 Å². The number of carbonyl (C=O) groups excluding carboxylic acids is 2. The Labute approximate surface area is 145 Å². The number of nitrogens with zero attached hydrogens (tertiary/aromatic N) is 1. The predicted octanol–water partition coefficient (Wildman–Crippen LogP) is 2.05. The molecule has 1 aromatic heterocycles. The molecule has 0 saturated heterocycles.